The van der Waals surface area contributed by atoms with E-state index in [1.54, 1.807) is 0 Å². The molecule has 5 heteroatoms. The summed E-state index contributed by atoms with van der Waals surface area (Å²) in [5.74, 6) is 0.372. The van der Waals surface area contributed by atoms with Gasteiger partial charge in [-0.1, -0.05) is 30.3 Å². The van der Waals surface area contributed by atoms with Crippen LogP contribution >= 0.6 is 22.9 Å². The van der Waals surface area contributed by atoms with Crippen molar-refractivity contribution in [3.05, 3.63) is 52.0 Å². The van der Waals surface area contributed by atoms with Gasteiger partial charge in [-0.3, -0.25) is 4.79 Å². The van der Waals surface area contributed by atoms with E-state index in [1.807, 2.05) is 35.7 Å². The molecule has 2 aromatic rings. The minimum Gasteiger partial charge on any atom is -0.352 e. The van der Waals surface area contributed by atoms with Gasteiger partial charge in [-0.25, -0.2) is 4.98 Å². The van der Waals surface area contributed by atoms with Crippen molar-refractivity contribution in [2.24, 2.45) is 0 Å². The number of alkyl halides is 1. The summed E-state index contributed by atoms with van der Waals surface area (Å²) in [4.78, 5) is 16.0. The number of rotatable bonds is 5. The van der Waals surface area contributed by atoms with Crippen molar-refractivity contribution < 1.29 is 4.79 Å². The van der Waals surface area contributed by atoms with Gasteiger partial charge in [0.2, 0.25) is 5.91 Å². The van der Waals surface area contributed by atoms with E-state index >= 15 is 0 Å². The average Bonchev–Trinajstić information content (AvgIpc) is 2.85. The zero-order valence-corrected chi connectivity index (χ0v) is 11.3. The molecule has 1 aromatic carbocycles. The third kappa shape index (κ3) is 3.82. The lowest BCUT2D eigenvalue weighted by Gasteiger charge is -2.03. The van der Waals surface area contributed by atoms with Crippen molar-refractivity contribution in [3.63, 3.8) is 0 Å². The number of halogens is 1. The molecule has 94 valence electrons. The third-order valence-electron chi connectivity index (χ3n) is 2.38. The van der Waals surface area contributed by atoms with Gasteiger partial charge >= 0.3 is 0 Å². The highest BCUT2D eigenvalue weighted by atomic mass is 35.5. The predicted octanol–water partition coefficient (Wildman–Crippen LogP) is 2.74. The van der Waals surface area contributed by atoms with Crippen molar-refractivity contribution in [2.45, 2.75) is 18.8 Å². The Morgan fingerprint density at radius 1 is 1.33 bits per heavy atom. The van der Waals surface area contributed by atoms with Gasteiger partial charge in [-0.15, -0.1) is 22.9 Å². The number of hydrogen-bond donors (Lipinski definition) is 1. The lowest BCUT2D eigenvalue weighted by Crippen LogP contribution is -2.24. The third-order valence-corrected chi connectivity index (χ3v) is 3.55. The lowest BCUT2D eigenvalue weighted by atomic mass is 10.2. The second-order valence-corrected chi connectivity index (χ2v) is 5.02. The van der Waals surface area contributed by atoms with Gasteiger partial charge in [-0.2, -0.15) is 0 Å². The molecule has 1 N–H and O–H groups in total. The maximum absolute atomic E-state index is 11.7. The fourth-order valence-corrected chi connectivity index (χ4v) is 2.51. The number of nitrogens with zero attached hydrogens (tertiary/aromatic N) is 1. The van der Waals surface area contributed by atoms with Crippen LogP contribution in [-0.2, 0) is 23.6 Å². The first-order chi connectivity index (χ1) is 8.78. The van der Waals surface area contributed by atoms with E-state index < -0.39 is 0 Å². The zero-order valence-electron chi connectivity index (χ0n) is 9.73. The number of carbonyl (C=O) groups excluding carboxylic acids is 1. The summed E-state index contributed by atoms with van der Waals surface area (Å²) < 4.78 is 0. The van der Waals surface area contributed by atoms with E-state index in [0.717, 1.165) is 16.3 Å². The first-order valence-electron chi connectivity index (χ1n) is 5.58. The highest BCUT2D eigenvalue weighted by molar-refractivity contribution is 7.09. The largest absolute Gasteiger partial charge is 0.352 e. The van der Waals surface area contributed by atoms with E-state index in [9.17, 15) is 4.79 Å². The number of benzene rings is 1. The van der Waals surface area contributed by atoms with Crippen molar-refractivity contribution >= 4 is 28.8 Å². The topological polar surface area (TPSA) is 42.0 Å². The molecule has 2 rings (SSSR count). The molecule has 0 unspecified atom stereocenters. The summed E-state index contributed by atoms with van der Waals surface area (Å²) >= 11 is 7.13. The molecule has 0 radical (unpaired) electrons. The Balaban J connectivity index is 1.82. The second kappa shape index (κ2) is 6.52. The maximum atomic E-state index is 11.7. The van der Waals surface area contributed by atoms with Crippen LogP contribution in [0.2, 0.25) is 0 Å². The molecule has 0 spiro atoms. The SMILES string of the molecule is O=C(Cc1nc(CCl)cs1)NCc1ccccc1. The van der Waals surface area contributed by atoms with Gasteiger partial charge in [0.1, 0.15) is 5.01 Å². The van der Waals surface area contributed by atoms with Crippen LogP contribution in [0.5, 0.6) is 0 Å². The van der Waals surface area contributed by atoms with Gasteiger partial charge < -0.3 is 5.32 Å². The normalized spacial score (nSPS) is 10.3. The standard InChI is InChI=1S/C13H13ClN2OS/c14-7-11-9-18-13(16-11)6-12(17)15-8-10-4-2-1-3-5-10/h1-5,9H,6-8H2,(H,15,17). The molecule has 0 aliphatic heterocycles. The fraction of sp³-hybridized carbons (Fsp3) is 0.231. The molecule has 0 aliphatic rings. The van der Waals surface area contributed by atoms with Gasteiger partial charge in [0.05, 0.1) is 18.0 Å². The van der Waals surface area contributed by atoms with Crippen LogP contribution < -0.4 is 5.32 Å². The van der Waals surface area contributed by atoms with Crippen molar-refractivity contribution in [3.8, 4) is 0 Å². The van der Waals surface area contributed by atoms with Crippen LogP contribution in [0.3, 0.4) is 0 Å². The predicted molar refractivity (Wildman–Crippen MR) is 73.7 cm³/mol. The van der Waals surface area contributed by atoms with E-state index in [4.69, 9.17) is 11.6 Å². The Morgan fingerprint density at radius 2 is 2.11 bits per heavy atom. The van der Waals surface area contributed by atoms with Crippen LogP contribution in [0.15, 0.2) is 35.7 Å². The Kier molecular flexibility index (Phi) is 4.73. The molecule has 0 aliphatic carbocycles. The second-order valence-electron chi connectivity index (χ2n) is 3.81. The van der Waals surface area contributed by atoms with E-state index in [1.165, 1.54) is 11.3 Å². The van der Waals surface area contributed by atoms with Gasteiger partial charge in [0, 0.05) is 11.9 Å². The van der Waals surface area contributed by atoms with Crippen LogP contribution in [0, 0.1) is 0 Å². The first-order valence-corrected chi connectivity index (χ1v) is 6.99. The Bertz CT molecular complexity index is 513. The number of amides is 1. The van der Waals surface area contributed by atoms with E-state index in [0.29, 0.717) is 18.8 Å². The van der Waals surface area contributed by atoms with Gasteiger partial charge in [-0.05, 0) is 5.56 Å². The van der Waals surface area contributed by atoms with Crippen LogP contribution in [0.25, 0.3) is 0 Å². The molecule has 1 aromatic heterocycles. The summed E-state index contributed by atoms with van der Waals surface area (Å²) in [6.07, 6.45) is 0.314. The van der Waals surface area contributed by atoms with E-state index in [-0.39, 0.29) is 5.91 Å². The molecule has 1 amide bonds. The zero-order chi connectivity index (χ0) is 12.8. The van der Waals surface area contributed by atoms with Gasteiger partial charge in [0.25, 0.3) is 0 Å². The monoisotopic (exact) mass is 280 g/mol. The van der Waals surface area contributed by atoms with Crippen LogP contribution in [0.1, 0.15) is 16.3 Å². The number of carbonyl (C=O) groups is 1. The molecule has 0 saturated heterocycles. The Hall–Kier alpha value is -1.39. The molecule has 0 fully saturated rings. The lowest BCUT2D eigenvalue weighted by molar-refractivity contribution is -0.120. The molecule has 3 nitrogen and oxygen atoms in total. The average molecular weight is 281 g/mol. The quantitative estimate of drug-likeness (QED) is 0.856. The summed E-state index contributed by atoms with van der Waals surface area (Å²) in [5.41, 5.74) is 1.92. The summed E-state index contributed by atoms with van der Waals surface area (Å²) in [7, 11) is 0. The summed E-state index contributed by atoms with van der Waals surface area (Å²) in [5, 5.41) is 5.55. The Morgan fingerprint density at radius 3 is 2.78 bits per heavy atom. The molecule has 1 heterocycles. The van der Waals surface area contributed by atoms with Crippen molar-refractivity contribution in [2.75, 3.05) is 0 Å². The van der Waals surface area contributed by atoms with E-state index in [2.05, 4.69) is 10.3 Å². The molecule has 18 heavy (non-hydrogen) atoms. The molecular formula is C13H13ClN2OS. The fourth-order valence-electron chi connectivity index (χ4n) is 1.49. The van der Waals surface area contributed by atoms with Crippen molar-refractivity contribution in [1.82, 2.24) is 10.3 Å². The smallest absolute Gasteiger partial charge is 0.227 e. The Labute approximate surface area is 115 Å². The number of nitrogens with one attached hydrogen (secondary N) is 1. The number of aromatic nitrogens is 1. The van der Waals surface area contributed by atoms with Crippen LogP contribution in [-0.4, -0.2) is 10.9 Å². The minimum absolute atomic E-state index is 0.0191. The molecule has 0 bridgehead atoms. The molecular weight excluding hydrogens is 268 g/mol. The molecule has 0 atom stereocenters. The van der Waals surface area contributed by atoms with Gasteiger partial charge in [0.15, 0.2) is 0 Å². The van der Waals surface area contributed by atoms with Crippen molar-refractivity contribution in [1.29, 1.82) is 0 Å². The van der Waals surface area contributed by atoms with Crippen LogP contribution in [0.4, 0.5) is 0 Å². The summed E-state index contributed by atoms with van der Waals surface area (Å²) in [6.45, 7) is 0.549. The first kappa shape index (κ1) is 13.1. The number of thiazole rings is 1. The minimum atomic E-state index is -0.0191. The maximum Gasteiger partial charge on any atom is 0.227 e. The highest BCUT2D eigenvalue weighted by Gasteiger charge is 2.07. The number of hydrogen-bond acceptors (Lipinski definition) is 3. The highest BCUT2D eigenvalue weighted by Crippen LogP contribution is 2.12. The molecule has 0 saturated carbocycles. The summed E-state index contributed by atoms with van der Waals surface area (Å²) in [6, 6.07) is 9.82.